The fourth-order valence-electron chi connectivity index (χ4n) is 2.12. The van der Waals surface area contributed by atoms with Crippen LogP contribution in [0.4, 0.5) is 0 Å². The fraction of sp³-hybridized carbons (Fsp3) is 0.385. The highest BCUT2D eigenvalue weighted by Crippen LogP contribution is 2.52. The zero-order chi connectivity index (χ0) is 11.9. The molecule has 88 valence electrons. The van der Waals surface area contributed by atoms with Crippen LogP contribution in [-0.2, 0) is 5.41 Å². The predicted molar refractivity (Wildman–Crippen MR) is 63.4 cm³/mol. The summed E-state index contributed by atoms with van der Waals surface area (Å²) in [4.78, 5) is 0. The van der Waals surface area contributed by atoms with Gasteiger partial charge in [-0.05, 0) is 25.3 Å². The molecule has 0 spiro atoms. The molecule has 1 aromatic heterocycles. The fourth-order valence-corrected chi connectivity index (χ4v) is 2.12. The summed E-state index contributed by atoms with van der Waals surface area (Å²) in [5.74, 6) is 1.22. The molecule has 3 rings (SSSR count). The van der Waals surface area contributed by atoms with Crippen LogP contribution >= 0.6 is 0 Å². The third-order valence-electron chi connectivity index (χ3n) is 3.32. The molecule has 1 saturated carbocycles. The summed E-state index contributed by atoms with van der Waals surface area (Å²) in [5.41, 5.74) is 6.93. The summed E-state index contributed by atoms with van der Waals surface area (Å²) in [5, 5.41) is 8.16. The lowest BCUT2D eigenvalue weighted by atomic mass is 9.96. The molecule has 1 aliphatic rings. The lowest BCUT2D eigenvalue weighted by Crippen LogP contribution is -2.09. The second-order valence-corrected chi connectivity index (χ2v) is 4.68. The van der Waals surface area contributed by atoms with Crippen molar-refractivity contribution in [2.24, 2.45) is 5.73 Å². The van der Waals surface area contributed by atoms with Crippen LogP contribution in [0.3, 0.4) is 0 Å². The second kappa shape index (κ2) is 3.67. The molecule has 1 heterocycles. The van der Waals surface area contributed by atoms with Crippen molar-refractivity contribution in [2.45, 2.75) is 31.2 Å². The van der Waals surface area contributed by atoms with Gasteiger partial charge >= 0.3 is 0 Å². The molecule has 4 heteroatoms. The third kappa shape index (κ3) is 1.65. The van der Waals surface area contributed by atoms with Crippen molar-refractivity contribution in [3.05, 3.63) is 47.7 Å². The Morgan fingerprint density at radius 2 is 1.94 bits per heavy atom. The highest BCUT2D eigenvalue weighted by molar-refractivity contribution is 5.37. The average Bonchev–Trinajstić information content (AvgIpc) is 3.00. The van der Waals surface area contributed by atoms with Crippen LogP contribution in [0, 0.1) is 0 Å². The molecule has 0 radical (unpaired) electrons. The van der Waals surface area contributed by atoms with Crippen LogP contribution in [0.2, 0.25) is 0 Å². The molecule has 1 aromatic carbocycles. The molecule has 2 aromatic rings. The summed E-state index contributed by atoms with van der Waals surface area (Å²) in [7, 11) is 0. The van der Waals surface area contributed by atoms with E-state index in [1.165, 1.54) is 5.56 Å². The molecule has 0 aliphatic heterocycles. The van der Waals surface area contributed by atoms with Gasteiger partial charge in [0.1, 0.15) is 0 Å². The predicted octanol–water partition coefficient (Wildman–Crippen LogP) is 2.17. The molecule has 1 aliphatic carbocycles. The second-order valence-electron chi connectivity index (χ2n) is 4.68. The SMILES string of the molecule is CC(N)c1nnc(C2(c3ccccc3)CC2)o1. The third-order valence-corrected chi connectivity index (χ3v) is 3.32. The summed E-state index contributed by atoms with van der Waals surface area (Å²) in [6.07, 6.45) is 2.13. The minimum absolute atomic E-state index is 0.0542. The number of nitrogens with two attached hydrogens (primary N) is 1. The van der Waals surface area contributed by atoms with Gasteiger partial charge in [-0.25, -0.2) is 0 Å². The standard InChI is InChI=1S/C13H15N3O/c1-9(14)11-15-16-12(17-11)13(7-8-13)10-5-3-2-4-6-10/h2-6,9H,7-8,14H2,1H3. The Balaban J connectivity index is 1.98. The summed E-state index contributed by atoms with van der Waals surface area (Å²) >= 11 is 0. The van der Waals surface area contributed by atoms with Gasteiger partial charge in [-0.1, -0.05) is 30.3 Å². The van der Waals surface area contributed by atoms with Gasteiger partial charge in [-0.3, -0.25) is 0 Å². The van der Waals surface area contributed by atoms with E-state index in [1.54, 1.807) is 0 Å². The zero-order valence-electron chi connectivity index (χ0n) is 9.76. The molecule has 1 atom stereocenters. The number of benzene rings is 1. The van der Waals surface area contributed by atoms with Crippen LogP contribution in [0.1, 0.15) is 43.2 Å². The van der Waals surface area contributed by atoms with Crippen molar-refractivity contribution in [2.75, 3.05) is 0 Å². The van der Waals surface area contributed by atoms with Crippen molar-refractivity contribution < 1.29 is 4.42 Å². The molecule has 17 heavy (non-hydrogen) atoms. The summed E-state index contributed by atoms with van der Waals surface area (Å²) in [6.45, 7) is 1.85. The quantitative estimate of drug-likeness (QED) is 0.876. The van der Waals surface area contributed by atoms with Gasteiger partial charge in [0.2, 0.25) is 11.8 Å². The summed E-state index contributed by atoms with van der Waals surface area (Å²) < 4.78 is 5.68. The van der Waals surface area contributed by atoms with E-state index in [2.05, 4.69) is 22.3 Å². The molecule has 0 saturated heterocycles. The van der Waals surface area contributed by atoms with E-state index in [1.807, 2.05) is 25.1 Å². The van der Waals surface area contributed by atoms with E-state index in [4.69, 9.17) is 10.2 Å². The first kappa shape index (κ1) is 10.5. The molecule has 2 N–H and O–H groups in total. The maximum atomic E-state index is 5.73. The van der Waals surface area contributed by atoms with Gasteiger partial charge in [0.05, 0.1) is 11.5 Å². The maximum absolute atomic E-state index is 5.73. The van der Waals surface area contributed by atoms with Crippen LogP contribution in [-0.4, -0.2) is 10.2 Å². The van der Waals surface area contributed by atoms with E-state index in [-0.39, 0.29) is 11.5 Å². The number of aromatic nitrogens is 2. The lowest BCUT2D eigenvalue weighted by Gasteiger charge is -2.10. The number of nitrogens with zero attached hydrogens (tertiary/aromatic N) is 2. The highest BCUT2D eigenvalue weighted by Gasteiger charge is 2.50. The Morgan fingerprint density at radius 3 is 2.47 bits per heavy atom. The van der Waals surface area contributed by atoms with E-state index in [0.29, 0.717) is 11.8 Å². The Morgan fingerprint density at radius 1 is 1.24 bits per heavy atom. The van der Waals surface area contributed by atoms with E-state index < -0.39 is 0 Å². The van der Waals surface area contributed by atoms with E-state index in [9.17, 15) is 0 Å². The van der Waals surface area contributed by atoms with Gasteiger partial charge in [0.25, 0.3) is 0 Å². The maximum Gasteiger partial charge on any atom is 0.232 e. The van der Waals surface area contributed by atoms with Crippen LogP contribution in [0.15, 0.2) is 34.7 Å². The van der Waals surface area contributed by atoms with Crippen molar-refractivity contribution in [1.82, 2.24) is 10.2 Å². The Hall–Kier alpha value is -1.68. The first-order valence-corrected chi connectivity index (χ1v) is 5.87. The number of hydrogen-bond donors (Lipinski definition) is 1. The van der Waals surface area contributed by atoms with Gasteiger partial charge in [0, 0.05) is 0 Å². The molecular formula is C13H15N3O. The highest BCUT2D eigenvalue weighted by atomic mass is 16.4. The van der Waals surface area contributed by atoms with Crippen LogP contribution in [0.25, 0.3) is 0 Å². The lowest BCUT2D eigenvalue weighted by molar-refractivity contribution is 0.407. The van der Waals surface area contributed by atoms with Gasteiger partial charge in [-0.15, -0.1) is 10.2 Å². The molecule has 0 bridgehead atoms. The molecule has 1 unspecified atom stereocenters. The minimum atomic E-state index is -0.206. The van der Waals surface area contributed by atoms with Gasteiger partial charge < -0.3 is 10.2 Å². The van der Waals surface area contributed by atoms with E-state index in [0.717, 1.165) is 12.8 Å². The molecular weight excluding hydrogens is 214 g/mol. The largest absolute Gasteiger partial charge is 0.423 e. The van der Waals surface area contributed by atoms with Crippen LogP contribution in [0.5, 0.6) is 0 Å². The van der Waals surface area contributed by atoms with Crippen molar-refractivity contribution in [3.63, 3.8) is 0 Å². The molecule has 4 nitrogen and oxygen atoms in total. The van der Waals surface area contributed by atoms with Gasteiger partial charge in [0.15, 0.2) is 0 Å². The van der Waals surface area contributed by atoms with Gasteiger partial charge in [-0.2, -0.15) is 0 Å². The monoisotopic (exact) mass is 229 g/mol. The van der Waals surface area contributed by atoms with E-state index >= 15 is 0 Å². The molecule has 1 fully saturated rings. The minimum Gasteiger partial charge on any atom is -0.423 e. The van der Waals surface area contributed by atoms with Crippen molar-refractivity contribution in [3.8, 4) is 0 Å². The van der Waals surface area contributed by atoms with Crippen molar-refractivity contribution in [1.29, 1.82) is 0 Å². The number of hydrogen-bond acceptors (Lipinski definition) is 4. The van der Waals surface area contributed by atoms with Crippen LogP contribution < -0.4 is 5.73 Å². The average molecular weight is 229 g/mol. The first-order valence-electron chi connectivity index (χ1n) is 5.87. The Bertz CT molecular complexity index is 514. The van der Waals surface area contributed by atoms with Crippen molar-refractivity contribution >= 4 is 0 Å². The normalized spacial score (nSPS) is 18.9. The Labute approximate surface area is 99.8 Å². The topological polar surface area (TPSA) is 64.9 Å². The molecule has 0 amide bonds. The first-order chi connectivity index (χ1) is 8.22. The smallest absolute Gasteiger partial charge is 0.232 e. The number of rotatable bonds is 3. The Kier molecular flexibility index (Phi) is 2.26. The zero-order valence-corrected chi connectivity index (χ0v) is 9.76. The summed E-state index contributed by atoms with van der Waals surface area (Å²) in [6, 6.07) is 10.1.